The Morgan fingerprint density at radius 2 is 2.08 bits per heavy atom. The number of hydrogen-bond acceptors (Lipinski definition) is 4. The van der Waals surface area contributed by atoms with Crippen LogP contribution < -0.4 is 5.32 Å². The summed E-state index contributed by atoms with van der Waals surface area (Å²) in [6.45, 7) is 0.256. The first-order valence-corrected chi connectivity index (χ1v) is 8.46. The maximum absolute atomic E-state index is 12.6. The van der Waals surface area contributed by atoms with Gasteiger partial charge >= 0.3 is 0 Å². The van der Waals surface area contributed by atoms with Crippen molar-refractivity contribution in [1.29, 1.82) is 0 Å². The number of rotatable bonds is 6. The lowest BCUT2D eigenvalue weighted by atomic mass is 10.1. The first kappa shape index (κ1) is 16.7. The predicted molar refractivity (Wildman–Crippen MR) is 91.9 cm³/mol. The predicted octanol–water partition coefficient (Wildman–Crippen LogP) is 2.89. The summed E-state index contributed by atoms with van der Waals surface area (Å²) in [4.78, 5) is 26.4. The molecule has 2 N–H and O–H groups in total. The number of nitrogens with one attached hydrogen (secondary N) is 1. The van der Waals surface area contributed by atoms with Crippen LogP contribution in [0.5, 0.6) is 0 Å². The fourth-order valence-corrected chi connectivity index (χ4v) is 2.78. The lowest BCUT2D eigenvalue weighted by Gasteiger charge is -2.21. The summed E-state index contributed by atoms with van der Waals surface area (Å²) in [7, 11) is 0. The Morgan fingerprint density at radius 1 is 1.29 bits per heavy atom. The minimum absolute atomic E-state index is 0.0635. The van der Waals surface area contributed by atoms with Crippen LogP contribution in [-0.4, -0.2) is 41.0 Å². The van der Waals surface area contributed by atoms with E-state index in [9.17, 15) is 9.59 Å². The maximum Gasteiger partial charge on any atom is 0.291 e. The van der Waals surface area contributed by atoms with E-state index in [1.807, 2.05) is 0 Å². The highest BCUT2D eigenvalue weighted by Gasteiger charge is 2.32. The molecule has 2 aromatic rings. The third-order valence-corrected chi connectivity index (χ3v) is 4.18. The Morgan fingerprint density at radius 3 is 2.71 bits per heavy atom. The summed E-state index contributed by atoms with van der Waals surface area (Å²) >= 11 is 3.15. The van der Waals surface area contributed by atoms with Crippen molar-refractivity contribution >= 4 is 33.4 Å². The lowest BCUT2D eigenvalue weighted by molar-refractivity contribution is 0.0707. The lowest BCUT2D eigenvalue weighted by Crippen LogP contribution is -2.35. The number of nitrogens with zero attached hydrogens (tertiary/aromatic N) is 1. The zero-order valence-corrected chi connectivity index (χ0v) is 14.5. The topological polar surface area (TPSA) is 82.8 Å². The van der Waals surface area contributed by atoms with E-state index in [0.717, 1.165) is 12.8 Å². The number of amides is 2. The van der Waals surface area contributed by atoms with Crippen molar-refractivity contribution < 1.29 is 19.1 Å². The molecule has 1 fully saturated rings. The van der Waals surface area contributed by atoms with E-state index in [1.165, 1.54) is 0 Å². The first-order chi connectivity index (χ1) is 11.6. The largest absolute Gasteiger partial charge is 0.444 e. The van der Waals surface area contributed by atoms with Crippen LogP contribution >= 0.6 is 15.9 Å². The van der Waals surface area contributed by atoms with Gasteiger partial charge < -0.3 is 19.7 Å². The Labute approximate surface area is 147 Å². The second-order valence-corrected chi connectivity index (χ2v) is 6.37. The molecule has 2 amide bonds. The standard InChI is InChI=1S/C17H17BrN2O4/c18-15-7-6-14(24-15)16(22)19-12-3-1-2-11(10-12)17(23)20(8-9-21)13-4-5-13/h1-3,6-7,10,13,21H,4-5,8-9H2,(H,19,22). The highest BCUT2D eigenvalue weighted by atomic mass is 79.9. The molecule has 1 aromatic heterocycles. The number of aliphatic hydroxyl groups excluding tert-OH is 1. The van der Waals surface area contributed by atoms with Crippen LogP contribution in [0.1, 0.15) is 33.8 Å². The molecule has 0 radical (unpaired) electrons. The number of aliphatic hydroxyl groups is 1. The van der Waals surface area contributed by atoms with E-state index < -0.39 is 0 Å². The molecule has 0 bridgehead atoms. The van der Waals surface area contributed by atoms with Crippen LogP contribution in [0, 0.1) is 0 Å². The van der Waals surface area contributed by atoms with Crippen molar-refractivity contribution in [3.63, 3.8) is 0 Å². The monoisotopic (exact) mass is 392 g/mol. The fourth-order valence-electron chi connectivity index (χ4n) is 2.47. The van der Waals surface area contributed by atoms with Gasteiger partial charge in [0.05, 0.1) is 6.61 Å². The van der Waals surface area contributed by atoms with Crippen molar-refractivity contribution in [2.75, 3.05) is 18.5 Å². The van der Waals surface area contributed by atoms with E-state index in [4.69, 9.17) is 9.52 Å². The van der Waals surface area contributed by atoms with E-state index in [-0.39, 0.29) is 30.2 Å². The van der Waals surface area contributed by atoms with Crippen molar-refractivity contribution in [3.05, 3.63) is 52.4 Å². The number of furan rings is 1. The molecule has 1 heterocycles. The molecule has 3 rings (SSSR count). The fraction of sp³-hybridized carbons (Fsp3) is 0.294. The van der Waals surface area contributed by atoms with E-state index in [0.29, 0.717) is 22.5 Å². The Kier molecular flexibility index (Phi) is 5.01. The third-order valence-electron chi connectivity index (χ3n) is 3.75. The SMILES string of the molecule is O=C(Nc1cccc(C(=O)N(CCO)C2CC2)c1)c1ccc(Br)o1. The van der Waals surface area contributed by atoms with Gasteiger partial charge in [-0.3, -0.25) is 9.59 Å². The molecule has 0 aliphatic heterocycles. The van der Waals surface area contributed by atoms with Crippen LogP contribution in [0.4, 0.5) is 5.69 Å². The summed E-state index contributed by atoms with van der Waals surface area (Å²) in [6, 6.07) is 10.2. The number of carbonyl (C=O) groups is 2. The quantitative estimate of drug-likeness (QED) is 0.791. The van der Waals surface area contributed by atoms with Gasteiger partial charge in [0.25, 0.3) is 11.8 Å². The number of carbonyl (C=O) groups excluding carboxylic acids is 2. The Hall–Kier alpha value is -2.12. The maximum atomic E-state index is 12.6. The van der Waals surface area contributed by atoms with Gasteiger partial charge in [-0.2, -0.15) is 0 Å². The number of halogens is 1. The molecule has 0 atom stereocenters. The minimum atomic E-state index is -0.389. The van der Waals surface area contributed by atoms with Gasteiger partial charge in [-0.05, 0) is 59.1 Å². The van der Waals surface area contributed by atoms with Gasteiger partial charge in [0.15, 0.2) is 10.4 Å². The van der Waals surface area contributed by atoms with Crippen LogP contribution in [0.2, 0.25) is 0 Å². The second kappa shape index (κ2) is 7.19. The summed E-state index contributed by atoms with van der Waals surface area (Å²) in [6.07, 6.45) is 1.94. The molecule has 1 aliphatic carbocycles. The normalized spacial score (nSPS) is 13.6. The molecular formula is C17H17BrN2O4. The molecule has 6 nitrogen and oxygen atoms in total. The van der Waals surface area contributed by atoms with Crippen molar-refractivity contribution in [2.45, 2.75) is 18.9 Å². The smallest absolute Gasteiger partial charge is 0.291 e. The average molecular weight is 393 g/mol. The van der Waals surface area contributed by atoms with Crippen LogP contribution in [0.15, 0.2) is 45.5 Å². The average Bonchev–Trinajstić information content (AvgIpc) is 3.32. The number of benzene rings is 1. The highest BCUT2D eigenvalue weighted by Crippen LogP contribution is 2.28. The molecule has 0 spiro atoms. The van der Waals surface area contributed by atoms with Crippen LogP contribution in [0.25, 0.3) is 0 Å². The molecule has 0 saturated heterocycles. The molecule has 1 aromatic carbocycles. The molecule has 1 saturated carbocycles. The van der Waals surface area contributed by atoms with Crippen LogP contribution in [-0.2, 0) is 0 Å². The van der Waals surface area contributed by atoms with Gasteiger partial charge in [0.1, 0.15) is 0 Å². The Balaban J connectivity index is 1.73. The zero-order valence-electron chi connectivity index (χ0n) is 12.9. The van der Waals surface area contributed by atoms with E-state index in [2.05, 4.69) is 21.2 Å². The minimum Gasteiger partial charge on any atom is -0.444 e. The summed E-state index contributed by atoms with van der Waals surface area (Å²) in [5.74, 6) is -0.346. The molecular weight excluding hydrogens is 376 g/mol. The van der Waals surface area contributed by atoms with E-state index >= 15 is 0 Å². The van der Waals surface area contributed by atoms with Gasteiger partial charge in [-0.1, -0.05) is 6.07 Å². The van der Waals surface area contributed by atoms with Crippen LogP contribution in [0.3, 0.4) is 0 Å². The van der Waals surface area contributed by atoms with Gasteiger partial charge in [0.2, 0.25) is 0 Å². The summed E-state index contributed by atoms with van der Waals surface area (Å²) < 4.78 is 5.68. The van der Waals surface area contributed by atoms with Gasteiger partial charge in [-0.25, -0.2) is 0 Å². The van der Waals surface area contributed by atoms with Gasteiger partial charge in [0, 0.05) is 23.8 Å². The third kappa shape index (κ3) is 3.85. The number of anilines is 1. The Bertz CT molecular complexity index is 755. The zero-order chi connectivity index (χ0) is 17.1. The second-order valence-electron chi connectivity index (χ2n) is 5.59. The van der Waals surface area contributed by atoms with Crippen molar-refractivity contribution in [3.8, 4) is 0 Å². The van der Waals surface area contributed by atoms with Crippen molar-refractivity contribution in [1.82, 2.24) is 4.90 Å². The van der Waals surface area contributed by atoms with E-state index in [1.54, 1.807) is 41.3 Å². The highest BCUT2D eigenvalue weighted by molar-refractivity contribution is 9.10. The molecule has 24 heavy (non-hydrogen) atoms. The van der Waals surface area contributed by atoms with Crippen molar-refractivity contribution in [2.24, 2.45) is 0 Å². The number of hydrogen-bond donors (Lipinski definition) is 2. The molecule has 1 aliphatic rings. The molecule has 126 valence electrons. The first-order valence-electron chi connectivity index (χ1n) is 7.67. The molecule has 0 unspecified atom stereocenters. The summed E-state index contributed by atoms with van der Waals surface area (Å²) in [5.41, 5.74) is 0.992. The molecule has 7 heteroatoms. The van der Waals surface area contributed by atoms with Gasteiger partial charge in [-0.15, -0.1) is 0 Å². The summed E-state index contributed by atoms with van der Waals surface area (Å²) in [5, 5.41) is 11.9.